The maximum Gasteiger partial charge on any atom is 0.136 e. The molecule has 1 atom stereocenters. The van der Waals surface area contributed by atoms with Gasteiger partial charge in [0.15, 0.2) is 0 Å². The molecule has 18 heavy (non-hydrogen) atoms. The van der Waals surface area contributed by atoms with Crippen molar-refractivity contribution in [2.45, 2.75) is 26.3 Å². The Morgan fingerprint density at radius 3 is 2.50 bits per heavy atom. The van der Waals surface area contributed by atoms with Crippen molar-refractivity contribution in [3.63, 3.8) is 0 Å². The van der Waals surface area contributed by atoms with E-state index in [1.807, 2.05) is 35.9 Å². The van der Waals surface area contributed by atoms with Crippen LogP contribution < -0.4 is 5.73 Å². The second-order valence-electron chi connectivity index (χ2n) is 4.41. The van der Waals surface area contributed by atoms with E-state index in [1.165, 1.54) is 5.56 Å². The van der Waals surface area contributed by atoms with Crippen LogP contribution in [0.25, 0.3) is 0 Å². The molecular weight excluding hydrogens is 314 g/mol. The zero-order valence-corrected chi connectivity index (χ0v) is 12.7. The molecule has 1 aromatic carbocycles. The summed E-state index contributed by atoms with van der Waals surface area (Å²) in [6.07, 6.45) is 0.870. The van der Waals surface area contributed by atoms with E-state index in [-0.39, 0.29) is 6.04 Å². The van der Waals surface area contributed by atoms with Crippen LogP contribution in [0.15, 0.2) is 28.7 Å². The molecule has 0 saturated carbocycles. The molecular formula is C13H15BrClN3. The largest absolute Gasteiger partial charge is 0.383 e. The molecule has 0 radical (unpaired) electrons. The molecule has 0 saturated heterocycles. The highest BCUT2D eigenvalue weighted by Crippen LogP contribution is 2.27. The zero-order chi connectivity index (χ0) is 13.3. The number of aryl methyl sites for hydroxylation is 1. The molecule has 2 rings (SSSR count). The van der Waals surface area contributed by atoms with Gasteiger partial charge in [-0.3, -0.25) is 0 Å². The number of hydrogen-bond donors (Lipinski definition) is 1. The van der Waals surface area contributed by atoms with Gasteiger partial charge in [0, 0.05) is 5.02 Å². The fourth-order valence-corrected chi connectivity index (χ4v) is 2.32. The van der Waals surface area contributed by atoms with Gasteiger partial charge in [0.25, 0.3) is 0 Å². The van der Waals surface area contributed by atoms with Crippen molar-refractivity contribution in [2.24, 2.45) is 0 Å². The Hall–Kier alpha value is -1.00. The summed E-state index contributed by atoms with van der Waals surface area (Å²) in [5.41, 5.74) is 8.15. The van der Waals surface area contributed by atoms with Crippen molar-refractivity contribution in [2.75, 3.05) is 5.73 Å². The van der Waals surface area contributed by atoms with Crippen LogP contribution in [-0.4, -0.2) is 9.78 Å². The molecule has 0 amide bonds. The third-order valence-electron chi connectivity index (χ3n) is 2.91. The number of nitrogens with zero attached hydrogens (tertiary/aromatic N) is 2. The average molecular weight is 329 g/mol. The first kappa shape index (κ1) is 13.4. The highest BCUT2D eigenvalue weighted by molar-refractivity contribution is 9.10. The van der Waals surface area contributed by atoms with E-state index < -0.39 is 0 Å². The zero-order valence-electron chi connectivity index (χ0n) is 10.3. The molecule has 0 spiro atoms. The number of hydrogen-bond acceptors (Lipinski definition) is 2. The van der Waals surface area contributed by atoms with Crippen LogP contribution in [0.4, 0.5) is 5.82 Å². The van der Waals surface area contributed by atoms with Gasteiger partial charge in [0.2, 0.25) is 0 Å². The van der Waals surface area contributed by atoms with Gasteiger partial charge in [-0.25, -0.2) is 4.68 Å². The Morgan fingerprint density at radius 1 is 1.39 bits per heavy atom. The highest BCUT2D eigenvalue weighted by Gasteiger charge is 2.15. The van der Waals surface area contributed by atoms with Gasteiger partial charge in [-0.15, -0.1) is 0 Å². The summed E-state index contributed by atoms with van der Waals surface area (Å²) >= 11 is 9.31. The van der Waals surface area contributed by atoms with E-state index >= 15 is 0 Å². The molecule has 0 fully saturated rings. The van der Waals surface area contributed by atoms with Gasteiger partial charge < -0.3 is 5.73 Å². The summed E-state index contributed by atoms with van der Waals surface area (Å²) in [5.74, 6) is 0.675. The Morgan fingerprint density at radius 2 is 2.00 bits per heavy atom. The van der Waals surface area contributed by atoms with E-state index in [9.17, 15) is 0 Å². The third kappa shape index (κ3) is 2.70. The topological polar surface area (TPSA) is 43.8 Å². The van der Waals surface area contributed by atoms with Crippen LogP contribution >= 0.6 is 27.5 Å². The first-order valence-electron chi connectivity index (χ1n) is 5.73. The number of halogens is 2. The second-order valence-corrected chi connectivity index (χ2v) is 5.64. The summed E-state index contributed by atoms with van der Waals surface area (Å²) < 4.78 is 2.74. The molecule has 1 unspecified atom stereocenters. The predicted octanol–water partition coefficient (Wildman–Crippen LogP) is 3.99. The molecule has 3 nitrogen and oxygen atoms in total. The van der Waals surface area contributed by atoms with E-state index in [0.717, 1.165) is 21.6 Å². The van der Waals surface area contributed by atoms with Crippen molar-refractivity contribution < 1.29 is 0 Å². The molecule has 0 bridgehead atoms. The van der Waals surface area contributed by atoms with Crippen molar-refractivity contribution in [3.8, 4) is 0 Å². The van der Waals surface area contributed by atoms with Gasteiger partial charge in [-0.05, 0) is 53.9 Å². The normalized spacial score (nSPS) is 12.7. The Balaban J connectivity index is 2.19. The Labute approximate surface area is 120 Å². The van der Waals surface area contributed by atoms with Crippen molar-refractivity contribution in [3.05, 3.63) is 45.0 Å². The van der Waals surface area contributed by atoms with Gasteiger partial charge in [-0.2, -0.15) is 5.10 Å². The molecule has 0 aliphatic carbocycles. The minimum absolute atomic E-state index is 0.205. The third-order valence-corrected chi connectivity index (χ3v) is 4.14. The maximum atomic E-state index is 6.01. The van der Waals surface area contributed by atoms with Crippen LogP contribution in [0.1, 0.15) is 24.2 Å². The number of aromatic nitrogens is 2. The lowest BCUT2D eigenvalue weighted by atomic mass is 10.1. The number of benzene rings is 1. The monoisotopic (exact) mass is 327 g/mol. The molecule has 2 aromatic rings. The first-order valence-corrected chi connectivity index (χ1v) is 6.90. The van der Waals surface area contributed by atoms with Crippen LogP contribution in [0.3, 0.4) is 0 Å². The van der Waals surface area contributed by atoms with Crippen LogP contribution in [0.2, 0.25) is 5.02 Å². The summed E-state index contributed by atoms with van der Waals surface area (Å²) in [4.78, 5) is 0. The summed E-state index contributed by atoms with van der Waals surface area (Å²) in [6.45, 7) is 4.04. The quantitative estimate of drug-likeness (QED) is 0.925. The van der Waals surface area contributed by atoms with Crippen LogP contribution in [0.5, 0.6) is 0 Å². The molecule has 0 aliphatic rings. The number of anilines is 1. The molecule has 1 aromatic heterocycles. The lowest BCUT2D eigenvalue weighted by Crippen LogP contribution is -2.12. The van der Waals surface area contributed by atoms with Gasteiger partial charge in [-0.1, -0.05) is 23.7 Å². The van der Waals surface area contributed by atoms with Gasteiger partial charge in [0.05, 0.1) is 16.2 Å². The van der Waals surface area contributed by atoms with Gasteiger partial charge in [0.1, 0.15) is 5.82 Å². The van der Waals surface area contributed by atoms with E-state index in [0.29, 0.717) is 5.82 Å². The molecule has 5 heteroatoms. The molecule has 0 aliphatic heterocycles. The highest BCUT2D eigenvalue weighted by atomic mass is 79.9. The summed E-state index contributed by atoms with van der Waals surface area (Å²) in [6, 6.07) is 8.06. The Kier molecular flexibility index (Phi) is 3.97. The summed E-state index contributed by atoms with van der Waals surface area (Å²) in [7, 11) is 0. The van der Waals surface area contributed by atoms with Gasteiger partial charge >= 0.3 is 0 Å². The van der Waals surface area contributed by atoms with Crippen molar-refractivity contribution in [1.82, 2.24) is 9.78 Å². The second kappa shape index (κ2) is 5.33. The molecule has 96 valence electrons. The minimum Gasteiger partial charge on any atom is -0.383 e. The SMILES string of the molecule is Cc1nn(C(C)Cc2ccc(Cl)cc2)c(N)c1Br. The first-order chi connectivity index (χ1) is 8.49. The fourth-order valence-electron chi connectivity index (χ4n) is 1.93. The number of nitrogens with two attached hydrogens (primary N) is 1. The molecule has 2 N–H and O–H groups in total. The lowest BCUT2D eigenvalue weighted by molar-refractivity contribution is 0.493. The summed E-state index contributed by atoms with van der Waals surface area (Å²) in [5, 5.41) is 5.20. The standard InChI is InChI=1S/C13H15BrClN3/c1-8(7-10-3-5-11(15)6-4-10)18-13(16)12(14)9(2)17-18/h3-6,8H,7,16H2,1-2H3. The van der Waals surface area contributed by atoms with Crippen LogP contribution in [-0.2, 0) is 6.42 Å². The maximum absolute atomic E-state index is 6.01. The molecule has 1 heterocycles. The van der Waals surface area contributed by atoms with Crippen LogP contribution in [0, 0.1) is 6.92 Å². The van der Waals surface area contributed by atoms with Crippen molar-refractivity contribution in [1.29, 1.82) is 0 Å². The smallest absolute Gasteiger partial charge is 0.136 e. The Bertz CT molecular complexity index is 548. The van der Waals surface area contributed by atoms with Crippen molar-refractivity contribution >= 4 is 33.3 Å². The lowest BCUT2D eigenvalue weighted by Gasteiger charge is -2.14. The van der Waals surface area contributed by atoms with E-state index in [2.05, 4.69) is 28.0 Å². The fraction of sp³-hybridized carbons (Fsp3) is 0.308. The predicted molar refractivity (Wildman–Crippen MR) is 78.9 cm³/mol. The average Bonchev–Trinajstić information content (AvgIpc) is 2.60. The minimum atomic E-state index is 0.205. The van der Waals surface area contributed by atoms with E-state index in [4.69, 9.17) is 17.3 Å². The number of rotatable bonds is 3. The number of nitrogen functional groups attached to an aromatic ring is 1. The van der Waals surface area contributed by atoms with E-state index in [1.54, 1.807) is 0 Å².